The van der Waals surface area contributed by atoms with Crippen molar-refractivity contribution in [2.75, 3.05) is 13.7 Å². The second kappa shape index (κ2) is 8.54. The Balaban J connectivity index is 2.02. The highest BCUT2D eigenvalue weighted by atomic mass is 32.1. The van der Waals surface area contributed by atoms with Gasteiger partial charge in [-0.15, -0.1) is 11.3 Å². The maximum Gasteiger partial charge on any atom is 0.341 e. The molecule has 130 valence electrons. The maximum absolute atomic E-state index is 11.6. The van der Waals surface area contributed by atoms with E-state index in [9.17, 15) is 4.79 Å². The number of nitrogens with one attached hydrogen (secondary N) is 2. The monoisotopic (exact) mass is 349 g/mol. The van der Waals surface area contributed by atoms with Gasteiger partial charge in [0.15, 0.2) is 5.96 Å². The number of rotatable bonds is 6. The first kappa shape index (κ1) is 18.1. The first-order valence-electron chi connectivity index (χ1n) is 7.78. The second-order valence-corrected chi connectivity index (χ2v) is 6.25. The normalized spacial score (nSPS) is 11.4. The van der Waals surface area contributed by atoms with Crippen LogP contribution in [0.25, 0.3) is 0 Å². The third kappa shape index (κ3) is 4.61. The van der Waals surface area contributed by atoms with Crippen LogP contribution in [0.2, 0.25) is 0 Å². The van der Waals surface area contributed by atoms with Gasteiger partial charge in [-0.1, -0.05) is 0 Å². The Morgan fingerprint density at radius 3 is 2.79 bits per heavy atom. The molecule has 2 heterocycles. The first-order chi connectivity index (χ1) is 11.5. The summed E-state index contributed by atoms with van der Waals surface area (Å²) in [4.78, 5) is 17.4. The summed E-state index contributed by atoms with van der Waals surface area (Å²) in [6.07, 6.45) is 0. The van der Waals surface area contributed by atoms with E-state index >= 15 is 0 Å². The van der Waals surface area contributed by atoms with Gasteiger partial charge in [-0.3, -0.25) is 0 Å². The molecule has 0 saturated heterocycles. The van der Waals surface area contributed by atoms with Crippen LogP contribution in [0.5, 0.6) is 0 Å². The molecule has 0 atom stereocenters. The molecule has 2 aromatic rings. The van der Waals surface area contributed by atoms with E-state index in [1.807, 2.05) is 6.92 Å². The van der Waals surface area contributed by atoms with Gasteiger partial charge in [-0.2, -0.15) is 0 Å². The number of carbonyl (C=O) groups is 1. The van der Waals surface area contributed by atoms with Crippen LogP contribution in [-0.2, 0) is 17.8 Å². The number of esters is 1. The number of aliphatic imine (C=N–C) groups is 1. The molecule has 0 aliphatic heterocycles. The van der Waals surface area contributed by atoms with Crippen LogP contribution in [0.1, 0.15) is 39.2 Å². The highest BCUT2D eigenvalue weighted by Crippen LogP contribution is 2.17. The molecular formula is C17H23N3O3S. The fourth-order valence-corrected chi connectivity index (χ4v) is 3.03. The molecule has 6 nitrogen and oxygen atoms in total. The smallest absolute Gasteiger partial charge is 0.341 e. The molecule has 24 heavy (non-hydrogen) atoms. The zero-order valence-electron chi connectivity index (χ0n) is 14.4. The Kier molecular flexibility index (Phi) is 6.43. The van der Waals surface area contributed by atoms with Gasteiger partial charge in [0.25, 0.3) is 0 Å². The molecule has 0 radical (unpaired) electrons. The van der Waals surface area contributed by atoms with E-state index in [-0.39, 0.29) is 0 Å². The molecule has 2 N–H and O–H groups in total. The molecule has 0 aliphatic carbocycles. The van der Waals surface area contributed by atoms with E-state index in [0.29, 0.717) is 29.6 Å². The van der Waals surface area contributed by atoms with E-state index in [1.165, 1.54) is 17.6 Å². The third-order valence-electron chi connectivity index (χ3n) is 3.50. The Morgan fingerprint density at radius 2 is 2.17 bits per heavy atom. The molecule has 0 bridgehead atoms. The number of hydrogen-bond acceptors (Lipinski definition) is 5. The number of aryl methyl sites for hydroxylation is 2. The molecule has 2 aromatic heterocycles. The van der Waals surface area contributed by atoms with Crippen molar-refractivity contribution < 1.29 is 13.9 Å². The van der Waals surface area contributed by atoms with Gasteiger partial charge in [-0.05, 0) is 43.8 Å². The number of furan rings is 1. The molecule has 0 fully saturated rings. The summed E-state index contributed by atoms with van der Waals surface area (Å²) in [7, 11) is 1.35. The minimum atomic E-state index is -0.398. The van der Waals surface area contributed by atoms with E-state index in [1.54, 1.807) is 24.3 Å². The third-order valence-corrected chi connectivity index (χ3v) is 4.52. The highest BCUT2D eigenvalue weighted by molar-refractivity contribution is 7.10. The van der Waals surface area contributed by atoms with Gasteiger partial charge in [-0.25, -0.2) is 9.79 Å². The number of thiophene rings is 1. The summed E-state index contributed by atoms with van der Waals surface area (Å²) in [6, 6.07) is 3.78. The zero-order chi connectivity index (χ0) is 17.5. The Bertz CT molecular complexity index is 718. The largest absolute Gasteiger partial charge is 0.465 e. The first-order valence-corrected chi connectivity index (χ1v) is 8.65. The molecule has 2 rings (SSSR count). The van der Waals surface area contributed by atoms with E-state index in [4.69, 9.17) is 9.15 Å². The summed E-state index contributed by atoms with van der Waals surface area (Å²) in [5.74, 6) is 1.47. The fraction of sp³-hybridized carbons (Fsp3) is 0.412. The minimum absolute atomic E-state index is 0.344. The number of carbonyl (C=O) groups excluding carboxylic acids is 1. The van der Waals surface area contributed by atoms with Crippen molar-refractivity contribution in [3.8, 4) is 0 Å². The summed E-state index contributed by atoms with van der Waals surface area (Å²) in [5, 5.41) is 8.59. The molecule has 0 spiro atoms. The van der Waals surface area contributed by atoms with E-state index in [2.05, 4.69) is 34.0 Å². The van der Waals surface area contributed by atoms with Gasteiger partial charge in [0.1, 0.15) is 23.6 Å². The van der Waals surface area contributed by atoms with Crippen molar-refractivity contribution in [1.29, 1.82) is 0 Å². The molecule has 0 unspecified atom stereocenters. The maximum atomic E-state index is 11.6. The van der Waals surface area contributed by atoms with Crippen molar-refractivity contribution in [1.82, 2.24) is 10.6 Å². The number of guanidine groups is 1. The Labute approximate surface area is 145 Å². The Hall–Kier alpha value is -2.28. The SMILES string of the molecule is CCNC(=NCc1cc(C(=O)OC)c(C)o1)NCc1sccc1C. The van der Waals surface area contributed by atoms with Crippen LogP contribution >= 0.6 is 11.3 Å². The number of methoxy groups -OCH3 is 1. The topological polar surface area (TPSA) is 75.9 Å². The lowest BCUT2D eigenvalue weighted by Crippen LogP contribution is -2.36. The second-order valence-electron chi connectivity index (χ2n) is 5.25. The average molecular weight is 349 g/mol. The van der Waals surface area contributed by atoms with E-state index < -0.39 is 5.97 Å². The summed E-state index contributed by atoms with van der Waals surface area (Å²) >= 11 is 1.72. The molecule has 0 aliphatic rings. The number of nitrogens with zero attached hydrogens (tertiary/aromatic N) is 1. The molecule has 0 saturated carbocycles. The number of hydrogen-bond donors (Lipinski definition) is 2. The molecule has 7 heteroatoms. The highest BCUT2D eigenvalue weighted by Gasteiger charge is 2.15. The molecule has 0 amide bonds. The van der Waals surface area contributed by atoms with Crippen molar-refractivity contribution in [2.45, 2.75) is 33.9 Å². The molecule has 0 aromatic carbocycles. The van der Waals surface area contributed by atoms with Gasteiger partial charge < -0.3 is 19.8 Å². The zero-order valence-corrected chi connectivity index (χ0v) is 15.3. The van der Waals surface area contributed by atoms with Gasteiger partial charge in [0.05, 0.1) is 13.7 Å². The van der Waals surface area contributed by atoms with Crippen molar-refractivity contribution in [3.05, 3.63) is 45.0 Å². The van der Waals surface area contributed by atoms with Crippen LogP contribution in [0.4, 0.5) is 0 Å². The van der Waals surface area contributed by atoms with Crippen molar-refractivity contribution in [3.63, 3.8) is 0 Å². The van der Waals surface area contributed by atoms with Crippen molar-refractivity contribution >= 4 is 23.3 Å². The van der Waals surface area contributed by atoms with Crippen molar-refractivity contribution in [2.24, 2.45) is 4.99 Å². The van der Waals surface area contributed by atoms with E-state index in [0.717, 1.165) is 13.1 Å². The van der Waals surface area contributed by atoms with Gasteiger partial charge in [0.2, 0.25) is 0 Å². The lowest BCUT2D eigenvalue weighted by Gasteiger charge is -2.10. The fourth-order valence-electron chi connectivity index (χ4n) is 2.18. The predicted octanol–water partition coefficient (Wildman–Crippen LogP) is 3.00. The summed E-state index contributed by atoms with van der Waals surface area (Å²) in [5.41, 5.74) is 1.71. The summed E-state index contributed by atoms with van der Waals surface area (Å²) in [6.45, 7) is 7.68. The quantitative estimate of drug-likeness (QED) is 0.476. The van der Waals surface area contributed by atoms with Crippen LogP contribution in [0, 0.1) is 13.8 Å². The molecular weight excluding hydrogens is 326 g/mol. The van der Waals surface area contributed by atoms with Crippen LogP contribution < -0.4 is 10.6 Å². The Morgan fingerprint density at radius 1 is 1.38 bits per heavy atom. The van der Waals surface area contributed by atoms with Crippen LogP contribution in [0.3, 0.4) is 0 Å². The van der Waals surface area contributed by atoms with Gasteiger partial charge in [0, 0.05) is 11.4 Å². The summed E-state index contributed by atoms with van der Waals surface area (Å²) < 4.78 is 10.3. The minimum Gasteiger partial charge on any atom is -0.465 e. The number of ether oxygens (including phenoxy) is 1. The standard InChI is InChI=1S/C17H23N3O3S/c1-5-18-17(20-10-15-11(2)6-7-24-15)19-9-13-8-14(12(3)23-13)16(21)22-4/h6-8H,5,9-10H2,1-4H3,(H2,18,19,20). The van der Waals surface area contributed by atoms with Crippen LogP contribution in [-0.4, -0.2) is 25.6 Å². The van der Waals surface area contributed by atoms with Crippen LogP contribution in [0.15, 0.2) is 26.9 Å². The van der Waals surface area contributed by atoms with Gasteiger partial charge >= 0.3 is 5.97 Å². The average Bonchev–Trinajstić information content (AvgIpc) is 3.15. The lowest BCUT2D eigenvalue weighted by molar-refractivity contribution is 0.0599. The predicted molar refractivity (Wildman–Crippen MR) is 95.5 cm³/mol. The lowest BCUT2D eigenvalue weighted by atomic mass is 10.2.